The number of carboxylic acids is 1. The molecular formula is C35H32FN7O3. The number of aryl methyl sites for hydroxylation is 1. The zero-order valence-corrected chi connectivity index (χ0v) is 25.3. The van der Waals surface area contributed by atoms with Crippen molar-refractivity contribution in [3.8, 4) is 11.9 Å². The minimum Gasteiger partial charge on any atom is -0.478 e. The summed E-state index contributed by atoms with van der Waals surface area (Å²) in [4.78, 5) is 28.2. The van der Waals surface area contributed by atoms with Gasteiger partial charge in [-0.25, -0.2) is 24.1 Å². The van der Waals surface area contributed by atoms with Crippen LogP contribution in [-0.2, 0) is 26.2 Å². The molecule has 2 aromatic carbocycles. The smallest absolute Gasteiger partial charge is 0.335 e. The van der Waals surface area contributed by atoms with E-state index in [1.165, 1.54) is 11.6 Å². The van der Waals surface area contributed by atoms with E-state index in [4.69, 9.17) is 20.0 Å². The first-order valence-corrected chi connectivity index (χ1v) is 15.3. The Morgan fingerprint density at radius 1 is 1.13 bits per heavy atom. The van der Waals surface area contributed by atoms with Crippen molar-refractivity contribution in [3.63, 3.8) is 0 Å². The van der Waals surface area contributed by atoms with E-state index in [2.05, 4.69) is 32.0 Å². The number of hydrogen-bond donors (Lipinski definition) is 1. The van der Waals surface area contributed by atoms with Gasteiger partial charge in [-0.15, -0.1) is 0 Å². The van der Waals surface area contributed by atoms with Crippen LogP contribution in [0.2, 0.25) is 0 Å². The standard InChI is InChI=1S/C35H32FN7O3/c1-2-42-21-38-15-28(42)18-43-32-13-23(35(44)45)8-9-31(32)39-33(43)19-41-16-26-11-25(12-27(26)17-41)30-4-3-5-34(40-30)46-20-24-7-6-22(14-37)10-29(24)36/h3-11,13,15,21,26-27H,2,12,16-20H2,1H3,(H,44,45). The molecule has 2 aliphatic rings. The summed E-state index contributed by atoms with van der Waals surface area (Å²) < 4.78 is 24.3. The number of ether oxygens (including phenoxy) is 1. The van der Waals surface area contributed by atoms with Crippen LogP contribution < -0.4 is 4.74 Å². The number of benzene rings is 2. The maximum atomic E-state index is 14.3. The predicted molar refractivity (Wildman–Crippen MR) is 168 cm³/mol. The van der Waals surface area contributed by atoms with E-state index >= 15 is 0 Å². The Hall–Kier alpha value is -5.34. The monoisotopic (exact) mass is 617 g/mol. The van der Waals surface area contributed by atoms with E-state index in [9.17, 15) is 14.3 Å². The Labute approximate surface area is 265 Å². The lowest BCUT2D eigenvalue weighted by atomic mass is 9.99. The average Bonchev–Trinajstić information content (AvgIpc) is 3.84. The number of pyridine rings is 1. The van der Waals surface area contributed by atoms with Crippen molar-refractivity contribution in [1.82, 2.24) is 29.0 Å². The van der Waals surface area contributed by atoms with Gasteiger partial charge in [0, 0.05) is 37.5 Å². The Bertz CT molecular complexity index is 2020. The molecule has 1 N–H and O–H groups in total. The molecule has 0 amide bonds. The maximum absolute atomic E-state index is 14.3. The fraction of sp³-hybridized carbons (Fsp3) is 0.286. The van der Waals surface area contributed by atoms with Gasteiger partial charge in [-0.3, -0.25) is 4.90 Å². The minimum absolute atomic E-state index is 0.0242. The van der Waals surface area contributed by atoms with Gasteiger partial charge in [-0.1, -0.05) is 18.2 Å². The van der Waals surface area contributed by atoms with Crippen molar-refractivity contribution >= 4 is 22.6 Å². The number of rotatable bonds is 10. The highest BCUT2D eigenvalue weighted by Crippen LogP contribution is 2.41. The van der Waals surface area contributed by atoms with Crippen molar-refractivity contribution in [3.05, 3.63) is 113 Å². The third-order valence-electron chi connectivity index (χ3n) is 8.97. The number of nitriles is 1. The molecule has 3 aromatic heterocycles. The number of likely N-dealkylation sites (tertiary alicyclic amines) is 1. The van der Waals surface area contributed by atoms with E-state index in [-0.39, 0.29) is 17.7 Å². The number of fused-ring (bicyclic) bond motifs is 2. The third-order valence-corrected chi connectivity index (χ3v) is 8.97. The van der Waals surface area contributed by atoms with Crippen LogP contribution in [0.5, 0.6) is 5.88 Å². The van der Waals surface area contributed by atoms with Crippen LogP contribution in [-0.4, -0.2) is 53.2 Å². The van der Waals surface area contributed by atoms with Gasteiger partial charge < -0.3 is 19.0 Å². The van der Waals surface area contributed by atoms with Crippen molar-refractivity contribution in [2.75, 3.05) is 13.1 Å². The summed E-state index contributed by atoms with van der Waals surface area (Å²) in [5, 5.41) is 18.6. The van der Waals surface area contributed by atoms with Gasteiger partial charge in [-0.2, -0.15) is 5.26 Å². The third kappa shape index (κ3) is 5.75. The van der Waals surface area contributed by atoms with Crippen LogP contribution in [0.25, 0.3) is 16.6 Å². The molecule has 232 valence electrons. The molecule has 4 heterocycles. The van der Waals surface area contributed by atoms with Crippen molar-refractivity contribution in [2.24, 2.45) is 11.8 Å². The molecule has 1 aliphatic heterocycles. The van der Waals surface area contributed by atoms with Crippen LogP contribution in [0.4, 0.5) is 4.39 Å². The summed E-state index contributed by atoms with van der Waals surface area (Å²) >= 11 is 0. The molecule has 0 radical (unpaired) electrons. The van der Waals surface area contributed by atoms with Crippen LogP contribution in [0.3, 0.4) is 0 Å². The second-order valence-corrected chi connectivity index (χ2v) is 11.9. The van der Waals surface area contributed by atoms with Gasteiger partial charge >= 0.3 is 5.97 Å². The molecule has 7 rings (SSSR count). The zero-order valence-electron chi connectivity index (χ0n) is 25.3. The van der Waals surface area contributed by atoms with Gasteiger partial charge in [0.25, 0.3) is 0 Å². The topological polar surface area (TPSA) is 122 Å². The largest absolute Gasteiger partial charge is 0.478 e. The van der Waals surface area contributed by atoms with E-state index in [1.807, 2.05) is 30.7 Å². The molecule has 0 spiro atoms. The lowest BCUT2D eigenvalue weighted by Crippen LogP contribution is -2.23. The fourth-order valence-electron chi connectivity index (χ4n) is 6.61. The van der Waals surface area contributed by atoms with E-state index in [0.717, 1.165) is 54.3 Å². The second-order valence-electron chi connectivity index (χ2n) is 11.9. The Kier molecular flexibility index (Phi) is 7.80. The number of imidazole rings is 2. The maximum Gasteiger partial charge on any atom is 0.335 e. The summed E-state index contributed by atoms with van der Waals surface area (Å²) in [5.41, 5.74) is 5.54. The van der Waals surface area contributed by atoms with Crippen molar-refractivity contribution in [2.45, 2.75) is 39.6 Å². The first kappa shape index (κ1) is 29.4. The molecule has 1 aliphatic carbocycles. The Morgan fingerprint density at radius 3 is 2.80 bits per heavy atom. The number of aromatic carboxylic acids is 1. The molecule has 0 saturated carbocycles. The predicted octanol–water partition coefficient (Wildman–Crippen LogP) is 5.52. The van der Waals surface area contributed by atoms with E-state index < -0.39 is 11.8 Å². The summed E-state index contributed by atoms with van der Waals surface area (Å²) in [6.45, 7) is 5.89. The highest BCUT2D eigenvalue weighted by Gasteiger charge is 2.37. The molecule has 0 bridgehead atoms. The molecule has 5 aromatic rings. The van der Waals surface area contributed by atoms with Gasteiger partial charge in [-0.05, 0) is 67.2 Å². The summed E-state index contributed by atoms with van der Waals surface area (Å²) in [6.07, 6.45) is 6.88. The molecular weight excluding hydrogens is 585 g/mol. The summed E-state index contributed by atoms with van der Waals surface area (Å²) in [5.74, 6) is 0.723. The number of halogens is 1. The minimum atomic E-state index is -0.962. The van der Waals surface area contributed by atoms with Crippen LogP contribution in [0.15, 0.2) is 73.2 Å². The quantitative estimate of drug-likeness (QED) is 0.218. The molecule has 1 fully saturated rings. The SMILES string of the molecule is CCn1cncc1Cn1c(CN2CC3C=C(c4cccc(OCc5ccc(C#N)cc5F)n4)CC3C2)nc2ccc(C(=O)O)cc21. The summed E-state index contributed by atoms with van der Waals surface area (Å²) in [6, 6.07) is 17.0. The highest BCUT2D eigenvalue weighted by molar-refractivity contribution is 5.92. The summed E-state index contributed by atoms with van der Waals surface area (Å²) in [7, 11) is 0. The Morgan fingerprint density at radius 2 is 2.02 bits per heavy atom. The molecule has 11 heteroatoms. The number of aromatic nitrogens is 5. The molecule has 46 heavy (non-hydrogen) atoms. The van der Waals surface area contributed by atoms with E-state index in [0.29, 0.717) is 36.4 Å². The zero-order chi connectivity index (χ0) is 31.8. The van der Waals surface area contributed by atoms with Crippen LogP contribution in [0.1, 0.15) is 52.0 Å². The molecule has 1 saturated heterocycles. The van der Waals surface area contributed by atoms with Gasteiger partial charge in [0.15, 0.2) is 0 Å². The first-order chi connectivity index (χ1) is 22.4. The Balaban J connectivity index is 1.06. The number of nitrogens with zero attached hydrogens (tertiary/aromatic N) is 7. The average molecular weight is 618 g/mol. The number of hydrogen-bond acceptors (Lipinski definition) is 7. The second kappa shape index (κ2) is 12.2. The molecule has 2 unspecified atom stereocenters. The van der Waals surface area contributed by atoms with E-state index in [1.54, 1.807) is 36.4 Å². The van der Waals surface area contributed by atoms with Crippen LogP contribution >= 0.6 is 0 Å². The number of carbonyl (C=O) groups is 1. The lowest BCUT2D eigenvalue weighted by molar-refractivity contribution is 0.0697. The van der Waals surface area contributed by atoms with Gasteiger partial charge in [0.1, 0.15) is 18.2 Å². The fourth-order valence-corrected chi connectivity index (χ4v) is 6.61. The number of allylic oxidation sites excluding steroid dienone is 1. The first-order valence-electron chi connectivity index (χ1n) is 15.3. The lowest BCUT2D eigenvalue weighted by Gasteiger charge is -2.18. The van der Waals surface area contributed by atoms with Crippen LogP contribution in [0, 0.1) is 29.0 Å². The normalized spacial score (nSPS) is 17.6. The van der Waals surface area contributed by atoms with Gasteiger partial charge in [0.05, 0.1) is 59.0 Å². The highest BCUT2D eigenvalue weighted by atomic mass is 19.1. The molecule has 2 atom stereocenters. The molecule has 10 nitrogen and oxygen atoms in total. The van der Waals surface area contributed by atoms with Crippen molar-refractivity contribution < 1.29 is 19.0 Å². The van der Waals surface area contributed by atoms with Gasteiger partial charge in [0.2, 0.25) is 5.88 Å². The number of carboxylic acid groups (broad SMARTS) is 1. The van der Waals surface area contributed by atoms with Crippen molar-refractivity contribution in [1.29, 1.82) is 5.26 Å².